The molecule has 98 valence electrons. The van der Waals surface area contributed by atoms with E-state index in [1.54, 1.807) is 30.3 Å². The number of aryl methyl sites for hydroxylation is 1. The van der Waals surface area contributed by atoms with E-state index in [1.165, 1.54) is 6.07 Å². The minimum absolute atomic E-state index is 0.307. The fourth-order valence-electron chi connectivity index (χ4n) is 1.63. The molecule has 1 amide bonds. The Bertz CT molecular complexity index is 641. The first-order chi connectivity index (χ1) is 8.97. The van der Waals surface area contributed by atoms with Crippen LogP contribution in [-0.2, 0) is 0 Å². The first kappa shape index (κ1) is 14.2. The maximum absolute atomic E-state index is 12.1. The van der Waals surface area contributed by atoms with Crippen molar-refractivity contribution in [2.75, 3.05) is 5.32 Å². The quantitative estimate of drug-likeness (QED) is 0.810. The van der Waals surface area contributed by atoms with Gasteiger partial charge in [0.15, 0.2) is 0 Å². The number of hydrogen-bond acceptors (Lipinski definition) is 1. The second kappa shape index (κ2) is 5.83. The van der Waals surface area contributed by atoms with E-state index < -0.39 is 0 Å². The molecule has 0 bridgehead atoms. The van der Waals surface area contributed by atoms with Crippen LogP contribution >= 0.6 is 34.8 Å². The molecule has 5 heteroatoms. The molecular weight excluding hydrogens is 305 g/mol. The molecule has 2 aromatic carbocycles. The van der Waals surface area contributed by atoms with Gasteiger partial charge in [-0.05, 0) is 48.9 Å². The first-order valence-electron chi connectivity index (χ1n) is 5.50. The summed E-state index contributed by atoms with van der Waals surface area (Å²) in [5.41, 5.74) is 1.90. The zero-order valence-electron chi connectivity index (χ0n) is 10.0. The number of amides is 1. The summed E-state index contributed by atoms with van der Waals surface area (Å²) in [5.74, 6) is -0.307. The van der Waals surface area contributed by atoms with E-state index in [2.05, 4.69) is 5.32 Å². The summed E-state index contributed by atoms with van der Waals surface area (Å²) in [6.45, 7) is 1.86. The monoisotopic (exact) mass is 313 g/mol. The Labute approximate surface area is 126 Å². The van der Waals surface area contributed by atoms with Crippen molar-refractivity contribution in [1.82, 2.24) is 0 Å². The second-order valence-corrected chi connectivity index (χ2v) is 5.32. The van der Waals surface area contributed by atoms with Crippen molar-refractivity contribution in [1.29, 1.82) is 0 Å². The van der Waals surface area contributed by atoms with Crippen molar-refractivity contribution in [3.05, 3.63) is 62.6 Å². The predicted octanol–water partition coefficient (Wildman–Crippen LogP) is 5.21. The molecule has 0 aromatic heterocycles. The number of hydrogen-bond donors (Lipinski definition) is 1. The van der Waals surface area contributed by atoms with Crippen LogP contribution in [0.5, 0.6) is 0 Å². The molecule has 0 spiro atoms. The highest BCUT2D eigenvalue weighted by Gasteiger charge is 2.12. The largest absolute Gasteiger partial charge is 0.322 e. The third-order valence-electron chi connectivity index (χ3n) is 2.61. The molecule has 0 atom stereocenters. The number of benzene rings is 2. The van der Waals surface area contributed by atoms with Gasteiger partial charge in [-0.1, -0.05) is 34.8 Å². The van der Waals surface area contributed by atoms with Crippen LogP contribution in [-0.4, -0.2) is 5.91 Å². The Kier molecular flexibility index (Phi) is 4.35. The number of anilines is 1. The number of carbonyl (C=O) groups excluding carboxylic acids is 1. The molecule has 1 N–H and O–H groups in total. The van der Waals surface area contributed by atoms with Gasteiger partial charge in [-0.15, -0.1) is 0 Å². The van der Waals surface area contributed by atoms with Crippen molar-refractivity contribution in [2.24, 2.45) is 0 Å². The Hall–Kier alpha value is -1.22. The molecule has 19 heavy (non-hydrogen) atoms. The molecule has 2 nitrogen and oxygen atoms in total. The normalized spacial score (nSPS) is 10.3. The van der Waals surface area contributed by atoms with Crippen molar-refractivity contribution >= 4 is 46.4 Å². The minimum Gasteiger partial charge on any atom is -0.322 e. The van der Waals surface area contributed by atoms with E-state index in [-0.39, 0.29) is 5.91 Å². The van der Waals surface area contributed by atoms with E-state index in [9.17, 15) is 4.79 Å². The number of rotatable bonds is 2. The lowest BCUT2D eigenvalue weighted by Gasteiger charge is -2.10. The highest BCUT2D eigenvalue weighted by molar-refractivity contribution is 6.36. The molecule has 0 heterocycles. The summed E-state index contributed by atoms with van der Waals surface area (Å²) < 4.78 is 0. The van der Waals surface area contributed by atoms with Crippen LogP contribution in [0.4, 0.5) is 5.69 Å². The minimum atomic E-state index is -0.307. The molecule has 0 saturated carbocycles. The van der Waals surface area contributed by atoms with Gasteiger partial charge in [0.05, 0.1) is 10.6 Å². The Morgan fingerprint density at radius 2 is 1.63 bits per heavy atom. The second-order valence-electron chi connectivity index (χ2n) is 4.04. The average molecular weight is 315 g/mol. The molecule has 0 fully saturated rings. The number of carbonyl (C=O) groups is 1. The maximum atomic E-state index is 12.1. The third-order valence-corrected chi connectivity index (χ3v) is 3.41. The van der Waals surface area contributed by atoms with Gasteiger partial charge in [-0.3, -0.25) is 4.79 Å². The smallest absolute Gasteiger partial charge is 0.257 e. The molecule has 2 aromatic rings. The fourth-order valence-corrected chi connectivity index (χ4v) is 2.23. The van der Waals surface area contributed by atoms with Crippen LogP contribution in [0.1, 0.15) is 15.9 Å². The van der Waals surface area contributed by atoms with E-state index in [0.717, 1.165) is 5.56 Å². The van der Waals surface area contributed by atoms with Crippen LogP contribution in [0.25, 0.3) is 0 Å². The fraction of sp³-hybridized carbons (Fsp3) is 0.0714. The van der Waals surface area contributed by atoms with Gasteiger partial charge in [0.2, 0.25) is 0 Å². The van der Waals surface area contributed by atoms with E-state index in [0.29, 0.717) is 26.3 Å². The van der Waals surface area contributed by atoms with Gasteiger partial charge in [-0.2, -0.15) is 0 Å². The molecular formula is C14H10Cl3NO. The van der Waals surface area contributed by atoms with Crippen molar-refractivity contribution < 1.29 is 4.79 Å². The lowest BCUT2D eigenvalue weighted by molar-refractivity contribution is 0.102. The molecule has 0 aliphatic carbocycles. The molecule has 0 unspecified atom stereocenters. The summed E-state index contributed by atoms with van der Waals surface area (Å²) in [4.78, 5) is 12.1. The maximum Gasteiger partial charge on any atom is 0.257 e. The Morgan fingerprint density at radius 1 is 1.00 bits per heavy atom. The lowest BCUT2D eigenvalue weighted by Crippen LogP contribution is -2.13. The van der Waals surface area contributed by atoms with Gasteiger partial charge in [0, 0.05) is 15.7 Å². The van der Waals surface area contributed by atoms with Gasteiger partial charge in [0.25, 0.3) is 5.91 Å². The van der Waals surface area contributed by atoms with Crippen LogP contribution in [0.2, 0.25) is 15.1 Å². The molecule has 2 rings (SSSR count). The summed E-state index contributed by atoms with van der Waals surface area (Å²) in [6, 6.07) is 9.99. The number of nitrogens with one attached hydrogen (secondary N) is 1. The average Bonchev–Trinajstić information content (AvgIpc) is 2.35. The lowest BCUT2D eigenvalue weighted by atomic mass is 10.1. The Balaban J connectivity index is 2.28. The summed E-state index contributed by atoms with van der Waals surface area (Å²) >= 11 is 17.7. The SMILES string of the molecule is Cc1cc(Cl)ccc1NC(=O)c1cc(Cl)ccc1Cl. The summed E-state index contributed by atoms with van der Waals surface area (Å²) in [5, 5.41) is 4.22. The van der Waals surface area contributed by atoms with Gasteiger partial charge in [0.1, 0.15) is 0 Å². The van der Waals surface area contributed by atoms with E-state index in [4.69, 9.17) is 34.8 Å². The number of halogens is 3. The molecule has 0 aliphatic heterocycles. The van der Waals surface area contributed by atoms with E-state index >= 15 is 0 Å². The zero-order valence-corrected chi connectivity index (χ0v) is 12.3. The van der Waals surface area contributed by atoms with Crippen LogP contribution in [0.15, 0.2) is 36.4 Å². The van der Waals surface area contributed by atoms with Crippen LogP contribution in [0, 0.1) is 6.92 Å². The highest BCUT2D eigenvalue weighted by atomic mass is 35.5. The standard InChI is InChI=1S/C14H10Cl3NO/c1-8-6-9(15)3-5-13(8)18-14(19)11-7-10(16)2-4-12(11)17/h2-7H,1H3,(H,18,19). The van der Waals surface area contributed by atoms with Gasteiger partial charge < -0.3 is 5.32 Å². The third kappa shape index (κ3) is 3.41. The zero-order chi connectivity index (χ0) is 14.0. The summed E-state index contributed by atoms with van der Waals surface area (Å²) in [6.07, 6.45) is 0. The topological polar surface area (TPSA) is 29.1 Å². The van der Waals surface area contributed by atoms with Crippen LogP contribution < -0.4 is 5.32 Å². The first-order valence-corrected chi connectivity index (χ1v) is 6.63. The Morgan fingerprint density at radius 3 is 2.32 bits per heavy atom. The predicted molar refractivity (Wildman–Crippen MR) is 80.6 cm³/mol. The molecule has 0 aliphatic rings. The van der Waals surface area contributed by atoms with Crippen molar-refractivity contribution in [2.45, 2.75) is 6.92 Å². The van der Waals surface area contributed by atoms with Gasteiger partial charge in [-0.25, -0.2) is 0 Å². The van der Waals surface area contributed by atoms with Crippen molar-refractivity contribution in [3.63, 3.8) is 0 Å². The molecule has 0 saturated heterocycles. The van der Waals surface area contributed by atoms with Crippen molar-refractivity contribution in [3.8, 4) is 0 Å². The van der Waals surface area contributed by atoms with Gasteiger partial charge >= 0.3 is 0 Å². The van der Waals surface area contributed by atoms with Crippen LogP contribution in [0.3, 0.4) is 0 Å². The molecule has 0 radical (unpaired) electrons. The summed E-state index contributed by atoms with van der Waals surface area (Å²) in [7, 11) is 0. The highest BCUT2D eigenvalue weighted by Crippen LogP contribution is 2.24. The van der Waals surface area contributed by atoms with E-state index in [1.807, 2.05) is 6.92 Å².